The number of para-hydroxylation sites is 1. The van der Waals surface area contributed by atoms with Crippen molar-refractivity contribution in [1.82, 2.24) is 9.97 Å². The summed E-state index contributed by atoms with van der Waals surface area (Å²) in [7, 11) is 0. The fourth-order valence-electron chi connectivity index (χ4n) is 2.71. The Morgan fingerprint density at radius 1 is 0.852 bits per heavy atom. The fourth-order valence-corrected chi connectivity index (χ4v) is 2.71. The summed E-state index contributed by atoms with van der Waals surface area (Å²) in [5.41, 5.74) is 0.473. The van der Waals surface area contributed by atoms with Gasteiger partial charge in [0.1, 0.15) is 48.0 Å². The van der Waals surface area contributed by atoms with E-state index in [1.807, 2.05) is 6.07 Å². The smallest absolute Gasteiger partial charge is 0.163 e. The average Bonchev–Trinajstić information content (AvgIpc) is 2.64. The summed E-state index contributed by atoms with van der Waals surface area (Å²) >= 11 is 0. The number of halogens is 2. The second-order valence-corrected chi connectivity index (χ2v) is 5.89. The highest BCUT2D eigenvalue weighted by atomic mass is 19.1. The van der Waals surface area contributed by atoms with Crippen LogP contribution in [-0.4, -0.2) is 23.2 Å². The first-order valence-corrected chi connectivity index (χ1v) is 8.32. The number of hydrogen-bond donors (Lipinski definition) is 2. The van der Waals surface area contributed by atoms with Crippen LogP contribution in [0.15, 0.2) is 42.5 Å². The van der Waals surface area contributed by atoms with Crippen molar-refractivity contribution in [2.45, 2.75) is 6.92 Å². The molecule has 0 saturated heterocycles. The Kier molecular flexibility index (Phi) is 4.45. The van der Waals surface area contributed by atoms with Crippen molar-refractivity contribution in [1.29, 1.82) is 0 Å². The molecule has 138 valence electrons. The molecule has 27 heavy (non-hydrogen) atoms. The lowest BCUT2D eigenvalue weighted by Crippen LogP contribution is -2.15. The Balaban J connectivity index is 1.59. The van der Waals surface area contributed by atoms with Crippen LogP contribution >= 0.6 is 0 Å². The molecule has 1 aliphatic rings. The SMILES string of the molecule is Cc1nc(Nc2ccc3c(c2)OCCO3)cc(Nc2c(F)cccc2F)n1. The largest absolute Gasteiger partial charge is 0.486 e. The lowest BCUT2D eigenvalue weighted by Gasteiger charge is -2.19. The lowest BCUT2D eigenvalue weighted by molar-refractivity contribution is 0.171. The lowest BCUT2D eigenvalue weighted by atomic mass is 10.2. The van der Waals surface area contributed by atoms with E-state index in [0.717, 1.165) is 5.69 Å². The van der Waals surface area contributed by atoms with E-state index in [2.05, 4.69) is 20.6 Å². The van der Waals surface area contributed by atoms with Gasteiger partial charge in [0.25, 0.3) is 0 Å². The van der Waals surface area contributed by atoms with Gasteiger partial charge in [0.05, 0.1) is 0 Å². The van der Waals surface area contributed by atoms with Crippen LogP contribution in [-0.2, 0) is 0 Å². The molecule has 0 bridgehead atoms. The normalized spacial score (nSPS) is 12.6. The highest BCUT2D eigenvalue weighted by Gasteiger charge is 2.13. The highest BCUT2D eigenvalue weighted by molar-refractivity contribution is 5.65. The van der Waals surface area contributed by atoms with Gasteiger partial charge in [0.15, 0.2) is 11.5 Å². The summed E-state index contributed by atoms with van der Waals surface area (Å²) in [5, 5.41) is 5.81. The van der Waals surface area contributed by atoms with Crippen molar-refractivity contribution in [3.63, 3.8) is 0 Å². The minimum absolute atomic E-state index is 0.263. The molecule has 0 aliphatic carbocycles. The number of fused-ring (bicyclic) bond motifs is 1. The van der Waals surface area contributed by atoms with Crippen LogP contribution in [0.25, 0.3) is 0 Å². The summed E-state index contributed by atoms with van der Waals surface area (Å²) in [6, 6.07) is 10.6. The molecule has 1 aromatic heterocycles. The van der Waals surface area contributed by atoms with Crippen molar-refractivity contribution in [3.8, 4) is 11.5 Å². The standard InChI is InChI=1S/C19H16F2N4O2/c1-11-22-17(24-12-5-6-15-16(9-12)27-8-7-26-15)10-18(23-11)25-19-13(20)3-2-4-14(19)21/h2-6,9-10H,7-8H2,1H3,(H2,22,23,24,25). The predicted octanol–water partition coefficient (Wildman–Crippen LogP) is 4.32. The summed E-state index contributed by atoms with van der Waals surface area (Å²) in [6.07, 6.45) is 0. The van der Waals surface area contributed by atoms with Gasteiger partial charge in [-0.3, -0.25) is 0 Å². The molecule has 0 unspecified atom stereocenters. The van der Waals surface area contributed by atoms with Gasteiger partial charge in [-0.2, -0.15) is 0 Å². The summed E-state index contributed by atoms with van der Waals surface area (Å²) in [4.78, 5) is 8.49. The highest BCUT2D eigenvalue weighted by Crippen LogP contribution is 2.33. The van der Waals surface area contributed by atoms with E-state index in [1.54, 1.807) is 25.1 Å². The van der Waals surface area contributed by atoms with Gasteiger partial charge in [-0.15, -0.1) is 0 Å². The number of hydrogen-bond acceptors (Lipinski definition) is 6. The third-order valence-electron chi connectivity index (χ3n) is 3.87. The number of aromatic nitrogens is 2. The second-order valence-electron chi connectivity index (χ2n) is 5.89. The van der Waals surface area contributed by atoms with E-state index in [0.29, 0.717) is 36.4 Å². The van der Waals surface area contributed by atoms with Crippen molar-refractivity contribution < 1.29 is 18.3 Å². The van der Waals surface area contributed by atoms with Gasteiger partial charge < -0.3 is 20.1 Å². The van der Waals surface area contributed by atoms with Gasteiger partial charge in [-0.25, -0.2) is 18.7 Å². The van der Waals surface area contributed by atoms with Gasteiger partial charge in [-0.1, -0.05) is 6.07 Å². The maximum atomic E-state index is 13.9. The zero-order valence-corrected chi connectivity index (χ0v) is 14.4. The molecule has 1 aliphatic heterocycles. The van der Waals surface area contributed by atoms with Crippen molar-refractivity contribution in [2.75, 3.05) is 23.8 Å². The zero-order chi connectivity index (χ0) is 18.8. The number of nitrogens with zero attached hydrogens (tertiary/aromatic N) is 2. The fraction of sp³-hybridized carbons (Fsp3) is 0.158. The van der Waals surface area contributed by atoms with E-state index in [1.165, 1.54) is 18.2 Å². The molecule has 0 amide bonds. The number of ether oxygens (including phenoxy) is 2. The first-order valence-electron chi connectivity index (χ1n) is 8.32. The molecule has 2 heterocycles. The minimum Gasteiger partial charge on any atom is -0.486 e. The number of anilines is 4. The minimum atomic E-state index is -0.701. The first-order chi connectivity index (χ1) is 13.1. The molecule has 0 atom stereocenters. The molecule has 0 radical (unpaired) electrons. The summed E-state index contributed by atoms with van der Waals surface area (Å²) in [5.74, 6) is 1.11. The van der Waals surface area contributed by atoms with Gasteiger partial charge in [0, 0.05) is 17.8 Å². The molecule has 0 spiro atoms. The molecule has 8 heteroatoms. The first kappa shape index (κ1) is 17.0. The molecule has 0 saturated carbocycles. The molecule has 6 nitrogen and oxygen atoms in total. The van der Waals surface area contributed by atoms with E-state index in [4.69, 9.17) is 9.47 Å². The van der Waals surface area contributed by atoms with Gasteiger partial charge in [0.2, 0.25) is 0 Å². The van der Waals surface area contributed by atoms with Crippen LogP contribution in [0, 0.1) is 18.6 Å². The van der Waals surface area contributed by atoms with Crippen LogP contribution in [0.4, 0.5) is 31.8 Å². The number of nitrogens with one attached hydrogen (secondary N) is 2. The van der Waals surface area contributed by atoms with Crippen molar-refractivity contribution in [2.24, 2.45) is 0 Å². The Hall–Kier alpha value is -3.42. The second kappa shape index (κ2) is 7.06. The maximum absolute atomic E-state index is 13.9. The monoisotopic (exact) mass is 370 g/mol. The Morgan fingerprint density at radius 3 is 2.26 bits per heavy atom. The van der Waals surface area contributed by atoms with Crippen LogP contribution in [0.5, 0.6) is 11.5 Å². The molecule has 3 aromatic rings. The van der Waals surface area contributed by atoms with Gasteiger partial charge in [-0.05, 0) is 31.2 Å². The predicted molar refractivity (Wildman–Crippen MR) is 97.1 cm³/mol. The molecule has 2 aromatic carbocycles. The van der Waals surface area contributed by atoms with Gasteiger partial charge >= 0.3 is 0 Å². The molecule has 2 N–H and O–H groups in total. The van der Waals surface area contributed by atoms with E-state index < -0.39 is 11.6 Å². The Labute approximate surface area is 154 Å². The number of benzene rings is 2. The van der Waals surface area contributed by atoms with Crippen LogP contribution in [0.1, 0.15) is 5.82 Å². The molecule has 0 fully saturated rings. The molecule has 4 rings (SSSR count). The zero-order valence-electron chi connectivity index (χ0n) is 14.4. The van der Waals surface area contributed by atoms with Crippen LogP contribution in [0.2, 0.25) is 0 Å². The van der Waals surface area contributed by atoms with Crippen LogP contribution in [0.3, 0.4) is 0 Å². The Morgan fingerprint density at radius 2 is 1.52 bits per heavy atom. The van der Waals surface area contributed by atoms with Crippen LogP contribution < -0.4 is 20.1 Å². The quantitative estimate of drug-likeness (QED) is 0.713. The third kappa shape index (κ3) is 3.74. The van der Waals surface area contributed by atoms with E-state index in [-0.39, 0.29) is 11.5 Å². The van der Waals surface area contributed by atoms with Crippen molar-refractivity contribution in [3.05, 3.63) is 59.9 Å². The molecular weight excluding hydrogens is 354 g/mol. The number of rotatable bonds is 4. The third-order valence-corrected chi connectivity index (χ3v) is 3.87. The summed E-state index contributed by atoms with van der Waals surface area (Å²) < 4.78 is 38.8. The van der Waals surface area contributed by atoms with Crippen molar-refractivity contribution >= 4 is 23.0 Å². The van der Waals surface area contributed by atoms with E-state index in [9.17, 15) is 8.78 Å². The average molecular weight is 370 g/mol. The molecular formula is C19H16F2N4O2. The Bertz CT molecular complexity index is 977. The summed E-state index contributed by atoms with van der Waals surface area (Å²) in [6.45, 7) is 2.70. The van der Waals surface area contributed by atoms with E-state index >= 15 is 0 Å². The maximum Gasteiger partial charge on any atom is 0.163 e. The topological polar surface area (TPSA) is 68.3 Å². The number of aryl methyl sites for hydroxylation is 1.